The molecular weight excluding hydrogens is 257 g/mol. The van der Waals surface area contributed by atoms with Gasteiger partial charge in [0.2, 0.25) is 0 Å². The van der Waals surface area contributed by atoms with E-state index in [1.165, 1.54) is 23.9 Å². The lowest BCUT2D eigenvalue weighted by Gasteiger charge is -2.05. The molecule has 0 aliphatic carbocycles. The Hall–Kier alpha value is -1.19. The largest absolute Gasteiger partial charge is 0.398 e. The van der Waals surface area contributed by atoms with Crippen molar-refractivity contribution < 1.29 is 4.39 Å². The van der Waals surface area contributed by atoms with Gasteiger partial charge in [-0.25, -0.2) is 4.39 Å². The van der Waals surface area contributed by atoms with E-state index in [-0.39, 0.29) is 5.82 Å². The van der Waals surface area contributed by atoms with Crippen molar-refractivity contribution in [2.24, 2.45) is 0 Å². The maximum Gasteiger partial charge on any atom is 0.124 e. The van der Waals surface area contributed by atoms with E-state index in [0.717, 1.165) is 16.2 Å². The SMILES string of the molecule is Nc1ccc(F)cc1SCc1ccc(Cl)cc1. The summed E-state index contributed by atoms with van der Waals surface area (Å²) < 4.78 is 13.0. The highest BCUT2D eigenvalue weighted by atomic mass is 35.5. The fourth-order valence-electron chi connectivity index (χ4n) is 1.37. The fourth-order valence-corrected chi connectivity index (χ4v) is 2.45. The van der Waals surface area contributed by atoms with E-state index < -0.39 is 0 Å². The summed E-state index contributed by atoms with van der Waals surface area (Å²) in [7, 11) is 0. The van der Waals surface area contributed by atoms with Crippen LogP contribution >= 0.6 is 23.4 Å². The Morgan fingerprint density at radius 2 is 1.82 bits per heavy atom. The molecule has 0 aromatic heterocycles. The monoisotopic (exact) mass is 267 g/mol. The summed E-state index contributed by atoms with van der Waals surface area (Å²) in [5, 5.41) is 0.712. The number of anilines is 1. The van der Waals surface area contributed by atoms with E-state index in [0.29, 0.717) is 10.7 Å². The van der Waals surface area contributed by atoms with Crippen molar-refractivity contribution >= 4 is 29.1 Å². The van der Waals surface area contributed by atoms with Crippen molar-refractivity contribution in [1.82, 2.24) is 0 Å². The number of rotatable bonds is 3. The molecule has 0 fully saturated rings. The molecule has 0 spiro atoms. The first-order valence-electron chi connectivity index (χ1n) is 5.07. The number of benzene rings is 2. The second kappa shape index (κ2) is 5.43. The number of thioether (sulfide) groups is 1. The lowest BCUT2D eigenvalue weighted by Crippen LogP contribution is -1.90. The predicted octanol–water partition coefficient (Wildman–Crippen LogP) is 4.35. The first kappa shape index (κ1) is 12.3. The minimum Gasteiger partial charge on any atom is -0.398 e. The predicted molar refractivity (Wildman–Crippen MR) is 71.8 cm³/mol. The van der Waals surface area contributed by atoms with Crippen LogP contribution in [0, 0.1) is 5.82 Å². The third-order valence-corrected chi connectivity index (χ3v) is 3.68. The summed E-state index contributed by atoms with van der Waals surface area (Å²) in [6.07, 6.45) is 0. The molecule has 1 nitrogen and oxygen atoms in total. The Bertz CT molecular complexity index is 513. The summed E-state index contributed by atoms with van der Waals surface area (Å²) in [6.45, 7) is 0. The third kappa shape index (κ3) is 3.38. The van der Waals surface area contributed by atoms with Crippen LogP contribution in [-0.4, -0.2) is 0 Å². The molecule has 0 unspecified atom stereocenters. The molecule has 0 aliphatic rings. The van der Waals surface area contributed by atoms with Crippen LogP contribution in [0.2, 0.25) is 5.02 Å². The molecule has 2 aromatic rings. The van der Waals surface area contributed by atoms with E-state index in [9.17, 15) is 4.39 Å². The van der Waals surface area contributed by atoms with Crippen LogP contribution in [0.15, 0.2) is 47.4 Å². The van der Waals surface area contributed by atoms with Gasteiger partial charge in [0, 0.05) is 21.4 Å². The molecule has 0 saturated heterocycles. The molecule has 2 N–H and O–H groups in total. The number of nitrogens with two attached hydrogens (primary N) is 1. The Kier molecular flexibility index (Phi) is 3.92. The molecule has 0 radical (unpaired) electrons. The molecule has 0 heterocycles. The minimum atomic E-state index is -0.266. The van der Waals surface area contributed by atoms with E-state index in [2.05, 4.69) is 0 Å². The van der Waals surface area contributed by atoms with Crippen molar-refractivity contribution in [1.29, 1.82) is 0 Å². The Labute approximate surface area is 109 Å². The zero-order valence-corrected chi connectivity index (χ0v) is 10.6. The van der Waals surface area contributed by atoms with Crippen LogP contribution in [0.5, 0.6) is 0 Å². The summed E-state index contributed by atoms with van der Waals surface area (Å²) in [5.74, 6) is 0.475. The molecule has 0 aliphatic heterocycles. The van der Waals surface area contributed by atoms with Crippen molar-refractivity contribution in [3.05, 3.63) is 58.9 Å². The third-order valence-electron chi connectivity index (χ3n) is 2.28. The van der Waals surface area contributed by atoms with Crippen LogP contribution < -0.4 is 5.73 Å². The Balaban J connectivity index is 2.07. The van der Waals surface area contributed by atoms with Crippen LogP contribution in [-0.2, 0) is 5.75 Å². The van der Waals surface area contributed by atoms with Gasteiger partial charge < -0.3 is 5.73 Å². The number of halogens is 2. The normalized spacial score (nSPS) is 10.5. The zero-order chi connectivity index (χ0) is 12.3. The maximum atomic E-state index is 13.0. The smallest absolute Gasteiger partial charge is 0.124 e. The highest BCUT2D eigenvalue weighted by Gasteiger charge is 2.02. The van der Waals surface area contributed by atoms with E-state index in [4.69, 9.17) is 17.3 Å². The lowest BCUT2D eigenvalue weighted by molar-refractivity contribution is 0.624. The second-order valence-electron chi connectivity index (χ2n) is 3.60. The fraction of sp³-hybridized carbons (Fsp3) is 0.0769. The second-order valence-corrected chi connectivity index (χ2v) is 5.05. The molecule has 2 aromatic carbocycles. The lowest BCUT2D eigenvalue weighted by atomic mass is 10.2. The number of nitrogen functional groups attached to an aromatic ring is 1. The molecule has 0 bridgehead atoms. The van der Waals surface area contributed by atoms with E-state index in [1.54, 1.807) is 6.07 Å². The van der Waals surface area contributed by atoms with Crippen molar-refractivity contribution in [3.8, 4) is 0 Å². The minimum absolute atomic E-state index is 0.266. The van der Waals surface area contributed by atoms with Gasteiger partial charge in [-0.1, -0.05) is 23.7 Å². The molecule has 88 valence electrons. The van der Waals surface area contributed by atoms with Gasteiger partial charge in [-0.05, 0) is 35.9 Å². The van der Waals surface area contributed by atoms with Crippen molar-refractivity contribution in [2.75, 3.05) is 5.73 Å². The Morgan fingerprint density at radius 1 is 1.12 bits per heavy atom. The highest BCUT2D eigenvalue weighted by molar-refractivity contribution is 7.98. The van der Waals surface area contributed by atoms with Crippen LogP contribution in [0.1, 0.15) is 5.56 Å². The average Bonchev–Trinajstić information content (AvgIpc) is 2.32. The van der Waals surface area contributed by atoms with Crippen LogP contribution in [0.4, 0.5) is 10.1 Å². The van der Waals surface area contributed by atoms with Gasteiger partial charge in [0.25, 0.3) is 0 Å². The molecule has 4 heteroatoms. The maximum absolute atomic E-state index is 13.0. The first-order valence-corrected chi connectivity index (χ1v) is 6.44. The first-order chi connectivity index (χ1) is 8.15. The standard InChI is InChI=1S/C13H11ClFNS/c14-10-3-1-9(2-4-10)8-17-13-7-11(15)5-6-12(13)16/h1-7H,8,16H2. The van der Waals surface area contributed by atoms with Gasteiger partial charge in [0.1, 0.15) is 5.82 Å². The molecular formula is C13H11ClFNS. The van der Waals surface area contributed by atoms with Gasteiger partial charge in [0.05, 0.1) is 0 Å². The van der Waals surface area contributed by atoms with E-state index in [1.807, 2.05) is 24.3 Å². The molecule has 17 heavy (non-hydrogen) atoms. The topological polar surface area (TPSA) is 26.0 Å². The molecule has 0 atom stereocenters. The average molecular weight is 268 g/mol. The summed E-state index contributed by atoms with van der Waals surface area (Å²) in [6, 6.07) is 12.0. The van der Waals surface area contributed by atoms with Crippen molar-refractivity contribution in [3.63, 3.8) is 0 Å². The quantitative estimate of drug-likeness (QED) is 0.661. The van der Waals surface area contributed by atoms with E-state index >= 15 is 0 Å². The number of hydrogen-bond donors (Lipinski definition) is 1. The molecule has 0 saturated carbocycles. The Morgan fingerprint density at radius 3 is 2.53 bits per heavy atom. The molecule has 2 rings (SSSR count). The van der Waals surface area contributed by atoms with Crippen molar-refractivity contribution in [2.45, 2.75) is 10.6 Å². The van der Waals surface area contributed by atoms with Crippen LogP contribution in [0.25, 0.3) is 0 Å². The zero-order valence-electron chi connectivity index (χ0n) is 8.99. The summed E-state index contributed by atoms with van der Waals surface area (Å²) >= 11 is 7.31. The van der Waals surface area contributed by atoms with Gasteiger partial charge in [-0.15, -0.1) is 11.8 Å². The summed E-state index contributed by atoms with van der Waals surface area (Å²) in [4.78, 5) is 0.764. The van der Waals surface area contributed by atoms with Gasteiger partial charge in [-0.3, -0.25) is 0 Å². The van der Waals surface area contributed by atoms with Gasteiger partial charge in [0.15, 0.2) is 0 Å². The van der Waals surface area contributed by atoms with Crippen LogP contribution in [0.3, 0.4) is 0 Å². The van der Waals surface area contributed by atoms with Gasteiger partial charge >= 0.3 is 0 Å². The number of hydrogen-bond acceptors (Lipinski definition) is 2. The molecule has 0 amide bonds. The highest BCUT2D eigenvalue weighted by Crippen LogP contribution is 2.29. The van der Waals surface area contributed by atoms with Gasteiger partial charge in [-0.2, -0.15) is 0 Å². The summed E-state index contributed by atoms with van der Waals surface area (Å²) in [5.41, 5.74) is 7.50.